The van der Waals surface area contributed by atoms with Gasteiger partial charge in [-0.15, -0.1) is 0 Å². The van der Waals surface area contributed by atoms with Crippen molar-refractivity contribution in [3.05, 3.63) is 88.1 Å². The lowest BCUT2D eigenvalue weighted by atomic mass is 9.95. The molecule has 3 aromatic rings. The van der Waals surface area contributed by atoms with Crippen molar-refractivity contribution in [2.45, 2.75) is 69.5 Å². The lowest BCUT2D eigenvalue weighted by Gasteiger charge is -2.33. The van der Waals surface area contributed by atoms with Gasteiger partial charge >= 0.3 is 0 Å². The number of nitrogens with one attached hydrogen (secondary N) is 1. The fourth-order valence-electron chi connectivity index (χ4n) is 5.11. The van der Waals surface area contributed by atoms with Gasteiger partial charge in [0.25, 0.3) is 10.0 Å². The molecule has 1 aliphatic rings. The molecule has 0 bridgehead atoms. The minimum Gasteiger partial charge on any atom is -0.496 e. The van der Waals surface area contributed by atoms with Gasteiger partial charge in [0.05, 0.1) is 22.2 Å². The van der Waals surface area contributed by atoms with Crippen molar-refractivity contribution >= 4 is 43.5 Å². The molecule has 1 fully saturated rings. The van der Waals surface area contributed by atoms with Crippen LogP contribution in [-0.2, 0) is 26.2 Å². The number of hydrogen-bond acceptors (Lipinski definition) is 5. The van der Waals surface area contributed by atoms with Gasteiger partial charge in [-0.3, -0.25) is 13.9 Å². The number of carbonyl (C=O) groups is 2. The quantitative estimate of drug-likeness (QED) is 0.271. The van der Waals surface area contributed by atoms with Crippen LogP contribution < -0.4 is 14.4 Å². The zero-order valence-electron chi connectivity index (χ0n) is 24.6. The van der Waals surface area contributed by atoms with Crippen molar-refractivity contribution in [3.8, 4) is 5.75 Å². The molecule has 1 atom stereocenters. The highest BCUT2D eigenvalue weighted by Crippen LogP contribution is 2.31. The van der Waals surface area contributed by atoms with E-state index in [1.807, 2.05) is 6.92 Å². The number of anilines is 1. The number of ether oxygens (including phenoxy) is 1. The number of rotatable bonds is 11. The summed E-state index contributed by atoms with van der Waals surface area (Å²) in [6, 6.07) is 16.0. The highest BCUT2D eigenvalue weighted by Gasteiger charge is 2.33. The third-order valence-corrected chi connectivity index (χ3v) is 10.1. The third kappa shape index (κ3) is 8.14. The van der Waals surface area contributed by atoms with Crippen molar-refractivity contribution in [2.24, 2.45) is 0 Å². The predicted molar refractivity (Wildman–Crippen MR) is 168 cm³/mol. The number of amides is 2. The van der Waals surface area contributed by atoms with Gasteiger partial charge < -0.3 is 15.0 Å². The highest BCUT2D eigenvalue weighted by molar-refractivity contribution is 9.10. The molecule has 8 nitrogen and oxygen atoms in total. The van der Waals surface area contributed by atoms with Crippen molar-refractivity contribution < 1.29 is 27.1 Å². The number of hydrogen-bond donors (Lipinski definition) is 1. The van der Waals surface area contributed by atoms with E-state index in [4.69, 9.17) is 4.74 Å². The molecule has 1 N–H and O–H groups in total. The van der Waals surface area contributed by atoms with Crippen LogP contribution in [0.2, 0.25) is 0 Å². The van der Waals surface area contributed by atoms with Crippen LogP contribution in [0.15, 0.2) is 76.1 Å². The Morgan fingerprint density at radius 1 is 1.02 bits per heavy atom. The molecule has 0 aromatic heterocycles. The number of halogens is 2. The molecular formula is C32H37BrFN3O5S. The van der Waals surface area contributed by atoms with E-state index < -0.39 is 34.3 Å². The summed E-state index contributed by atoms with van der Waals surface area (Å²) in [5.41, 5.74) is 1.83. The Hall–Kier alpha value is -3.44. The molecule has 0 heterocycles. The molecule has 0 aliphatic heterocycles. The summed E-state index contributed by atoms with van der Waals surface area (Å²) in [5, 5.41) is 3.07. The van der Waals surface area contributed by atoms with Gasteiger partial charge in [0.2, 0.25) is 11.8 Å². The molecule has 4 rings (SSSR count). The molecular weight excluding hydrogens is 637 g/mol. The maximum atomic E-state index is 14.1. The van der Waals surface area contributed by atoms with Crippen LogP contribution in [0.25, 0.3) is 0 Å². The Balaban J connectivity index is 1.68. The first kappa shape index (κ1) is 32.5. The monoisotopic (exact) mass is 673 g/mol. The third-order valence-electron chi connectivity index (χ3n) is 7.70. The minimum atomic E-state index is -4.24. The average molecular weight is 675 g/mol. The van der Waals surface area contributed by atoms with Gasteiger partial charge in [-0.25, -0.2) is 12.8 Å². The fraction of sp³-hybridized carbons (Fsp3) is 0.375. The number of aryl methyl sites for hydroxylation is 1. The Kier molecular flexibility index (Phi) is 10.8. The lowest BCUT2D eigenvalue weighted by molar-refractivity contribution is -0.139. The van der Waals surface area contributed by atoms with Crippen molar-refractivity contribution in [1.29, 1.82) is 0 Å². The SMILES string of the molecule is COc1ccc(S(=O)(=O)N(CC(=O)N(Cc2ccc(F)cc2)C(C)C(=O)NC2CCCCC2)c2ccc(C)cc2)cc1Br. The number of sulfonamides is 1. The van der Waals surface area contributed by atoms with E-state index >= 15 is 0 Å². The van der Waals surface area contributed by atoms with Crippen LogP contribution in [0.4, 0.5) is 10.1 Å². The van der Waals surface area contributed by atoms with Crippen molar-refractivity contribution in [3.63, 3.8) is 0 Å². The van der Waals surface area contributed by atoms with Crippen LogP contribution in [0.1, 0.15) is 50.2 Å². The van der Waals surface area contributed by atoms with E-state index in [0.717, 1.165) is 42.0 Å². The molecule has 0 spiro atoms. The summed E-state index contributed by atoms with van der Waals surface area (Å²) in [6.07, 6.45) is 4.94. The van der Waals surface area contributed by atoms with Gasteiger partial charge in [-0.2, -0.15) is 0 Å². The summed E-state index contributed by atoms with van der Waals surface area (Å²) in [5.74, 6) is -0.856. The predicted octanol–water partition coefficient (Wildman–Crippen LogP) is 5.97. The number of nitrogens with zero attached hydrogens (tertiary/aromatic N) is 2. The van der Waals surface area contributed by atoms with Crippen molar-refractivity contribution in [1.82, 2.24) is 10.2 Å². The van der Waals surface area contributed by atoms with Crippen LogP contribution in [0, 0.1) is 12.7 Å². The van der Waals surface area contributed by atoms with E-state index in [9.17, 15) is 22.4 Å². The highest BCUT2D eigenvalue weighted by atomic mass is 79.9. The van der Waals surface area contributed by atoms with E-state index in [1.54, 1.807) is 43.3 Å². The second-order valence-corrected chi connectivity index (χ2v) is 13.5. The largest absolute Gasteiger partial charge is 0.496 e. The molecule has 43 heavy (non-hydrogen) atoms. The zero-order valence-corrected chi connectivity index (χ0v) is 27.0. The van der Waals surface area contributed by atoms with Gasteiger partial charge in [0.15, 0.2) is 0 Å². The fourth-order valence-corrected chi connectivity index (χ4v) is 7.25. The summed E-state index contributed by atoms with van der Waals surface area (Å²) in [6.45, 7) is 2.95. The number of benzene rings is 3. The Morgan fingerprint density at radius 3 is 2.28 bits per heavy atom. The summed E-state index contributed by atoms with van der Waals surface area (Å²) in [7, 11) is -2.76. The molecule has 3 aromatic carbocycles. The van der Waals surface area contributed by atoms with Crippen LogP contribution in [0.3, 0.4) is 0 Å². The standard InChI is InChI=1S/C32H37BrFN3O5S/c1-22-9-15-27(16-10-22)37(43(40,41)28-17-18-30(42-3)29(33)19-28)21-31(38)36(20-24-11-13-25(34)14-12-24)23(2)32(39)35-26-7-5-4-6-8-26/h9-19,23,26H,4-8,20-21H2,1-3H3,(H,35,39). The number of carbonyl (C=O) groups excluding carboxylic acids is 2. The van der Waals surface area contributed by atoms with Gasteiger partial charge in [0, 0.05) is 12.6 Å². The zero-order chi connectivity index (χ0) is 31.1. The van der Waals surface area contributed by atoms with E-state index in [0.29, 0.717) is 21.5 Å². The number of methoxy groups -OCH3 is 1. The van der Waals surface area contributed by atoms with Crippen LogP contribution >= 0.6 is 15.9 Å². The van der Waals surface area contributed by atoms with E-state index in [2.05, 4.69) is 21.2 Å². The Labute approximate surface area is 261 Å². The molecule has 1 unspecified atom stereocenters. The molecule has 1 saturated carbocycles. The molecule has 1 aliphatic carbocycles. The minimum absolute atomic E-state index is 0.00572. The molecule has 0 radical (unpaired) electrons. The molecule has 11 heteroatoms. The van der Waals surface area contributed by atoms with Crippen molar-refractivity contribution in [2.75, 3.05) is 18.0 Å². The topological polar surface area (TPSA) is 96.0 Å². The summed E-state index contributed by atoms with van der Waals surface area (Å²) < 4.78 is 48.5. The summed E-state index contributed by atoms with van der Waals surface area (Å²) in [4.78, 5) is 28.8. The smallest absolute Gasteiger partial charge is 0.264 e. The van der Waals surface area contributed by atoms with Gasteiger partial charge in [-0.1, -0.05) is 49.1 Å². The maximum absolute atomic E-state index is 14.1. The molecule has 2 amide bonds. The molecule has 0 saturated heterocycles. The van der Waals surface area contributed by atoms with Gasteiger partial charge in [0.1, 0.15) is 24.2 Å². The maximum Gasteiger partial charge on any atom is 0.264 e. The van der Waals surface area contributed by atoms with Crippen LogP contribution in [-0.4, -0.2) is 50.9 Å². The first-order chi connectivity index (χ1) is 20.5. The van der Waals surface area contributed by atoms with E-state index in [1.165, 1.54) is 42.3 Å². The first-order valence-electron chi connectivity index (χ1n) is 14.3. The second kappa shape index (κ2) is 14.4. The van der Waals surface area contributed by atoms with E-state index in [-0.39, 0.29) is 23.4 Å². The van der Waals surface area contributed by atoms with Crippen LogP contribution in [0.5, 0.6) is 5.75 Å². The normalized spacial score (nSPS) is 14.5. The lowest BCUT2D eigenvalue weighted by Crippen LogP contribution is -2.53. The second-order valence-electron chi connectivity index (χ2n) is 10.8. The van der Waals surface area contributed by atoms with Gasteiger partial charge in [-0.05, 0) is 90.6 Å². The Morgan fingerprint density at radius 2 is 1.67 bits per heavy atom. The average Bonchev–Trinajstić information content (AvgIpc) is 3.00. The molecule has 230 valence electrons. The first-order valence-corrected chi connectivity index (χ1v) is 16.5. The Bertz CT molecular complexity index is 1530. The summed E-state index contributed by atoms with van der Waals surface area (Å²) >= 11 is 3.35.